The SMILES string of the molecule is O=C1C[C@@H](c2ccc(F)cc2)Cc2nc3nc(SCc4ccccc4)nn3cc21. The topological polar surface area (TPSA) is 60.2 Å². The maximum Gasteiger partial charge on any atom is 0.253 e. The molecule has 7 heteroatoms. The summed E-state index contributed by atoms with van der Waals surface area (Å²) in [6.07, 6.45) is 2.75. The third kappa shape index (κ3) is 3.65. The second-order valence-electron chi connectivity index (χ2n) is 7.09. The molecule has 144 valence electrons. The molecule has 0 fully saturated rings. The lowest BCUT2D eigenvalue weighted by Crippen LogP contribution is -2.21. The van der Waals surface area contributed by atoms with E-state index < -0.39 is 0 Å². The zero-order valence-electron chi connectivity index (χ0n) is 15.5. The van der Waals surface area contributed by atoms with Crippen LogP contribution in [-0.2, 0) is 12.2 Å². The highest BCUT2D eigenvalue weighted by Gasteiger charge is 2.28. The zero-order chi connectivity index (χ0) is 19.8. The van der Waals surface area contributed by atoms with E-state index in [1.54, 1.807) is 22.8 Å². The maximum atomic E-state index is 13.2. The van der Waals surface area contributed by atoms with Gasteiger partial charge in [-0.15, -0.1) is 5.10 Å². The number of carbonyl (C=O) groups excluding carboxylic acids is 1. The first-order valence-electron chi connectivity index (χ1n) is 9.37. The molecule has 29 heavy (non-hydrogen) atoms. The summed E-state index contributed by atoms with van der Waals surface area (Å²) in [6, 6.07) is 16.5. The van der Waals surface area contributed by atoms with E-state index >= 15 is 0 Å². The highest BCUT2D eigenvalue weighted by atomic mass is 32.2. The molecular formula is C22H17FN4OS. The van der Waals surface area contributed by atoms with Gasteiger partial charge in [0.25, 0.3) is 5.78 Å². The molecule has 5 nitrogen and oxygen atoms in total. The van der Waals surface area contributed by atoms with Gasteiger partial charge in [0.1, 0.15) is 5.82 Å². The third-order valence-corrected chi connectivity index (χ3v) is 6.02. The van der Waals surface area contributed by atoms with E-state index in [1.807, 2.05) is 18.2 Å². The molecule has 1 atom stereocenters. The number of hydrogen-bond acceptors (Lipinski definition) is 5. The van der Waals surface area contributed by atoms with E-state index in [1.165, 1.54) is 29.5 Å². The first kappa shape index (κ1) is 18.0. The number of fused-ring (bicyclic) bond motifs is 2. The van der Waals surface area contributed by atoms with Gasteiger partial charge in [-0.2, -0.15) is 4.98 Å². The fourth-order valence-electron chi connectivity index (χ4n) is 3.62. The molecule has 0 N–H and O–H groups in total. The molecule has 5 rings (SSSR count). The van der Waals surface area contributed by atoms with Gasteiger partial charge < -0.3 is 0 Å². The Morgan fingerprint density at radius 1 is 1.03 bits per heavy atom. The summed E-state index contributed by atoms with van der Waals surface area (Å²) in [7, 11) is 0. The number of thioether (sulfide) groups is 1. The lowest BCUT2D eigenvalue weighted by Gasteiger charge is -2.23. The number of rotatable bonds is 4. The minimum atomic E-state index is -0.278. The van der Waals surface area contributed by atoms with Crippen LogP contribution in [-0.4, -0.2) is 25.4 Å². The molecule has 0 amide bonds. The molecule has 2 heterocycles. The fourth-order valence-corrected chi connectivity index (χ4v) is 4.40. The number of benzene rings is 2. The lowest BCUT2D eigenvalue weighted by atomic mass is 9.82. The van der Waals surface area contributed by atoms with Crippen molar-refractivity contribution in [2.45, 2.75) is 29.7 Å². The van der Waals surface area contributed by atoms with Crippen LogP contribution >= 0.6 is 11.8 Å². The van der Waals surface area contributed by atoms with Crippen LogP contribution < -0.4 is 0 Å². The van der Waals surface area contributed by atoms with Crippen LogP contribution in [0.15, 0.2) is 66.0 Å². The van der Waals surface area contributed by atoms with Gasteiger partial charge in [-0.05, 0) is 35.6 Å². The lowest BCUT2D eigenvalue weighted by molar-refractivity contribution is 0.0962. The van der Waals surface area contributed by atoms with Crippen LogP contribution in [0.25, 0.3) is 5.78 Å². The van der Waals surface area contributed by atoms with Crippen LogP contribution in [0.2, 0.25) is 0 Å². The van der Waals surface area contributed by atoms with Gasteiger partial charge in [0.2, 0.25) is 5.16 Å². The minimum absolute atomic E-state index is 0.000368. The van der Waals surface area contributed by atoms with Crippen LogP contribution in [0.5, 0.6) is 0 Å². The van der Waals surface area contributed by atoms with Crippen molar-refractivity contribution in [1.82, 2.24) is 19.6 Å². The minimum Gasteiger partial charge on any atom is -0.294 e. The molecule has 0 bridgehead atoms. The Bertz CT molecular complexity index is 1190. The summed E-state index contributed by atoms with van der Waals surface area (Å²) in [5.41, 5.74) is 3.48. The van der Waals surface area contributed by atoms with Crippen molar-refractivity contribution < 1.29 is 9.18 Å². The summed E-state index contributed by atoms with van der Waals surface area (Å²) >= 11 is 1.54. The van der Waals surface area contributed by atoms with Crippen molar-refractivity contribution >= 4 is 23.3 Å². The summed E-state index contributed by atoms with van der Waals surface area (Å²) < 4.78 is 14.8. The zero-order valence-corrected chi connectivity index (χ0v) is 16.3. The summed E-state index contributed by atoms with van der Waals surface area (Å²) in [5, 5.41) is 5.10. The molecule has 0 spiro atoms. The van der Waals surface area contributed by atoms with E-state index in [4.69, 9.17) is 0 Å². The molecule has 2 aromatic heterocycles. The van der Waals surface area contributed by atoms with Crippen molar-refractivity contribution in [3.05, 3.63) is 89.0 Å². The van der Waals surface area contributed by atoms with Crippen LogP contribution in [0.4, 0.5) is 4.39 Å². The number of aromatic nitrogens is 4. The average molecular weight is 404 g/mol. The molecular weight excluding hydrogens is 387 g/mol. The first-order valence-corrected chi connectivity index (χ1v) is 10.4. The Morgan fingerprint density at radius 2 is 1.83 bits per heavy atom. The molecule has 0 unspecified atom stereocenters. The van der Waals surface area contributed by atoms with Gasteiger partial charge in [-0.25, -0.2) is 13.9 Å². The van der Waals surface area contributed by atoms with E-state index in [9.17, 15) is 9.18 Å². The fraction of sp³-hybridized carbons (Fsp3) is 0.182. The normalized spacial score (nSPS) is 16.2. The number of hydrogen-bond donors (Lipinski definition) is 0. The molecule has 0 saturated heterocycles. The Morgan fingerprint density at radius 3 is 2.62 bits per heavy atom. The highest BCUT2D eigenvalue weighted by Crippen LogP contribution is 2.32. The Hall–Kier alpha value is -3.06. The van der Waals surface area contributed by atoms with Crippen molar-refractivity contribution in [3.63, 3.8) is 0 Å². The third-order valence-electron chi connectivity index (χ3n) is 5.12. The van der Waals surface area contributed by atoms with Gasteiger partial charge in [0.15, 0.2) is 5.78 Å². The van der Waals surface area contributed by atoms with Gasteiger partial charge in [0.05, 0.1) is 11.3 Å². The summed E-state index contributed by atoms with van der Waals surface area (Å²) in [6.45, 7) is 0. The summed E-state index contributed by atoms with van der Waals surface area (Å²) in [4.78, 5) is 21.8. The van der Waals surface area contributed by atoms with Crippen LogP contribution in [0.1, 0.15) is 39.5 Å². The number of Topliss-reactive ketones (excluding diaryl/α,β-unsaturated/α-hetero) is 1. The van der Waals surface area contributed by atoms with Crippen molar-refractivity contribution in [2.75, 3.05) is 0 Å². The van der Waals surface area contributed by atoms with Crippen molar-refractivity contribution in [3.8, 4) is 0 Å². The van der Waals surface area contributed by atoms with Gasteiger partial charge in [-0.3, -0.25) is 4.79 Å². The standard InChI is InChI=1S/C22H17FN4OS/c23-17-8-6-15(7-9-17)16-10-19-18(20(28)11-16)12-27-21(24-19)25-22(26-27)29-13-14-4-2-1-3-5-14/h1-9,12,16H,10-11,13H2/t16-/m0/s1. The van der Waals surface area contributed by atoms with Gasteiger partial charge in [0, 0.05) is 18.4 Å². The Balaban J connectivity index is 1.41. The number of ketones is 1. The van der Waals surface area contributed by atoms with Crippen molar-refractivity contribution in [1.29, 1.82) is 0 Å². The predicted octanol–water partition coefficient (Wildman–Crippen LogP) is 4.47. The van der Waals surface area contributed by atoms with E-state index in [0.29, 0.717) is 29.3 Å². The second kappa shape index (κ2) is 7.40. The Kier molecular flexibility index (Phi) is 4.60. The molecule has 0 saturated carbocycles. The van der Waals surface area contributed by atoms with Gasteiger partial charge in [-0.1, -0.05) is 54.2 Å². The largest absolute Gasteiger partial charge is 0.294 e. The van der Waals surface area contributed by atoms with Crippen LogP contribution in [0, 0.1) is 5.82 Å². The molecule has 0 aliphatic heterocycles. The quantitative estimate of drug-likeness (QED) is 0.470. The predicted molar refractivity (Wildman–Crippen MR) is 109 cm³/mol. The molecule has 2 aromatic carbocycles. The number of halogens is 1. The monoisotopic (exact) mass is 404 g/mol. The number of nitrogens with zero attached hydrogens (tertiary/aromatic N) is 4. The van der Waals surface area contributed by atoms with E-state index in [2.05, 4.69) is 27.2 Å². The number of carbonyl (C=O) groups is 1. The van der Waals surface area contributed by atoms with E-state index in [0.717, 1.165) is 17.0 Å². The van der Waals surface area contributed by atoms with Gasteiger partial charge >= 0.3 is 0 Å². The smallest absolute Gasteiger partial charge is 0.253 e. The average Bonchev–Trinajstić information content (AvgIpc) is 3.14. The molecule has 1 aliphatic rings. The first-order chi connectivity index (χ1) is 14.2. The Labute approximate surface area is 171 Å². The summed E-state index contributed by atoms with van der Waals surface area (Å²) in [5.74, 6) is 1.01. The highest BCUT2D eigenvalue weighted by molar-refractivity contribution is 7.98. The molecule has 0 radical (unpaired) electrons. The molecule has 4 aromatic rings. The van der Waals surface area contributed by atoms with Crippen LogP contribution in [0.3, 0.4) is 0 Å². The maximum absolute atomic E-state index is 13.2. The second-order valence-corrected chi connectivity index (χ2v) is 8.04. The van der Waals surface area contributed by atoms with E-state index in [-0.39, 0.29) is 17.5 Å². The molecule has 1 aliphatic carbocycles. The van der Waals surface area contributed by atoms with Crippen molar-refractivity contribution in [2.24, 2.45) is 0 Å².